The number of nitrogens with two attached hydrogens (primary N) is 1. The van der Waals surface area contributed by atoms with Crippen molar-refractivity contribution in [2.24, 2.45) is 5.92 Å². The molecule has 3 heterocycles. The summed E-state index contributed by atoms with van der Waals surface area (Å²) in [7, 11) is 2.03. The zero-order valence-electron chi connectivity index (χ0n) is 34.1. The number of esters is 2. The summed E-state index contributed by atoms with van der Waals surface area (Å²) in [5.74, 6) is -2.92. The van der Waals surface area contributed by atoms with E-state index in [0.717, 1.165) is 28.4 Å². The Morgan fingerprint density at radius 2 is 1.86 bits per heavy atom. The molecule has 0 spiro atoms. The Bertz CT molecular complexity index is 2140. The molecule has 0 saturated carbocycles. The quantitative estimate of drug-likeness (QED) is 0.230. The van der Waals surface area contributed by atoms with Gasteiger partial charge in [0.15, 0.2) is 9.84 Å². The summed E-state index contributed by atoms with van der Waals surface area (Å²) in [6, 6.07) is 6.10. The van der Waals surface area contributed by atoms with Gasteiger partial charge in [0.25, 0.3) is 5.91 Å². The van der Waals surface area contributed by atoms with E-state index in [9.17, 15) is 32.7 Å². The maximum Gasteiger partial charge on any atom is 0.328 e. The van der Waals surface area contributed by atoms with Crippen LogP contribution in [0.3, 0.4) is 0 Å². The number of nitrogens with zero attached hydrogens (tertiary/aromatic N) is 2. The average molecular weight is 846 g/mol. The van der Waals surface area contributed by atoms with Crippen molar-refractivity contribution in [3.05, 3.63) is 70.3 Å². The number of allylic oxidation sites excluding steroid dienone is 3. The second-order valence-corrected chi connectivity index (χ2v) is 18.0. The third-order valence-electron chi connectivity index (χ3n) is 11.4. The van der Waals surface area contributed by atoms with Gasteiger partial charge in [0.1, 0.15) is 46.3 Å². The molecule has 17 heteroatoms. The SMILES string of the molecule is COc1cc2cc(c1Cl)N(C)C(=O)C[C@H](OC(=O)[C@H](C)N(C)C(=O)c1ccc(N)c(S(C)(=O)=O)c1)[C@]1(C)O[C@H]1[C@H](C)[C@@H]1C[C@@](O)(CC(=O)O1)[C@H](OC)/C=C/C=C(\C)C2. The summed E-state index contributed by atoms with van der Waals surface area (Å²) in [5.41, 5.74) is 4.90. The minimum absolute atomic E-state index is 0.00770. The van der Waals surface area contributed by atoms with Crippen molar-refractivity contribution in [3.63, 3.8) is 0 Å². The largest absolute Gasteiger partial charge is 0.495 e. The number of benzene rings is 2. The number of rotatable bonds is 7. The van der Waals surface area contributed by atoms with Crippen LogP contribution in [-0.2, 0) is 49.6 Å². The molecular formula is C41H52ClN3O12S. The first-order valence-electron chi connectivity index (χ1n) is 18.7. The number of nitrogen functional groups attached to an aromatic ring is 1. The highest BCUT2D eigenvalue weighted by Gasteiger charge is 2.64. The van der Waals surface area contributed by atoms with Gasteiger partial charge in [-0.05, 0) is 63.1 Å². The van der Waals surface area contributed by atoms with E-state index in [1.165, 1.54) is 52.3 Å². The molecule has 3 aliphatic rings. The molecule has 58 heavy (non-hydrogen) atoms. The average Bonchev–Trinajstić information content (AvgIpc) is 3.86. The number of ether oxygens (including phenoxy) is 5. The molecule has 4 bridgehead atoms. The second kappa shape index (κ2) is 17.0. The molecule has 3 N–H and O–H groups in total. The van der Waals surface area contributed by atoms with Crippen molar-refractivity contribution in [3.8, 4) is 5.75 Å². The van der Waals surface area contributed by atoms with Crippen LogP contribution in [-0.4, -0.2) is 118 Å². The predicted octanol–water partition coefficient (Wildman–Crippen LogP) is 4.06. The first-order chi connectivity index (χ1) is 27.0. The van der Waals surface area contributed by atoms with Gasteiger partial charge < -0.3 is 44.3 Å². The number of amides is 2. The lowest BCUT2D eigenvalue weighted by Crippen LogP contribution is -2.53. The molecule has 0 aliphatic carbocycles. The van der Waals surface area contributed by atoms with Crippen molar-refractivity contribution in [2.45, 2.75) is 99.9 Å². The van der Waals surface area contributed by atoms with Crippen molar-refractivity contribution in [1.82, 2.24) is 4.90 Å². The fourth-order valence-electron chi connectivity index (χ4n) is 7.62. The number of anilines is 2. The summed E-state index contributed by atoms with van der Waals surface area (Å²) >= 11 is 6.77. The Balaban J connectivity index is 1.52. The van der Waals surface area contributed by atoms with Gasteiger partial charge in [0.2, 0.25) is 5.91 Å². The fraction of sp³-hybridized carbons (Fsp3) is 0.512. The van der Waals surface area contributed by atoms with Crippen LogP contribution < -0.4 is 15.4 Å². The molecule has 3 aliphatic heterocycles. The van der Waals surface area contributed by atoms with Crippen molar-refractivity contribution in [1.29, 1.82) is 0 Å². The summed E-state index contributed by atoms with van der Waals surface area (Å²) in [6.07, 6.45) is 2.32. The highest BCUT2D eigenvalue weighted by molar-refractivity contribution is 7.90. The number of methoxy groups -OCH3 is 2. The van der Waals surface area contributed by atoms with Crippen LogP contribution in [0.1, 0.15) is 62.9 Å². The van der Waals surface area contributed by atoms with Crippen LogP contribution in [0.15, 0.2) is 59.0 Å². The van der Waals surface area contributed by atoms with Crippen LogP contribution in [0.4, 0.5) is 11.4 Å². The Kier molecular flexibility index (Phi) is 13.1. The Hall–Kier alpha value is -4.48. The normalized spacial score (nSPS) is 29.9. The molecule has 15 nitrogen and oxygen atoms in total. The fourth-order valence-corrected chi connectivity index (χ4v) is 8.77. The number of aliphatic hydroxyl groups is 1. The third-order valence-corrected chi connectivity index (χ3v) is 12.9. The van der Waals surface area contributed by atoms with E-state index in [1.54, 1.807) is 38.1 Å². The minimum Gasteiger partial charge on any atom is -0.495 e. The lowest BCUT2D eigenvalue weighted by molar-refractivity contribution is -0.187. The molecule has 0 radical (unpaired) electrons. The second-order valence-electron chi connectivity index (χ2n) is 15.7. The number of sulfone groups is 1. The Morgan fingerprint density at radius 3 is 2.50 bits per heavy atom. The topological polar surface area (TPSA) is 205 Å². The predicted molar refractivity (Wildman–Crippen MR) is 215 cm³/mol. The Labute approximate surface area is 343 Å². The van der Waals surface area contributed by atoms with Gasteiger partial charge in [-0.1, -0.05) is 42.3 Å². The molecule has 2 aromatic rings. The van der Waals surface area contributed by atoms with Gasteiger partial charge in [-0.15, -0.1) is 0 Å². The number of hydrogen-bond acceptors (Lipinski definition) is 13. The number of likely N-dealkylation sites (N-methyl/N-ethyl adjacent to an activating group) is 1. The van der Waals surface area contributed by atoms with Crippen LogP contribution in [0.25, 0.3) is 0 Å². The van der Waals surface area contributed by atoms with E-state index in [0.29, 0.717) is 17.9 Å². The highest BCUT2D eigenvalue weighted by Crippen LogP contribution is 2.50. The summed E-state index contributed by atoms with van der Waals surface area (Å²) in [6.45, 7) is 6.79. The molecule has 8 atom stereocenters. The van der Waals surface area contributed by atoms with Crippen LogP contribution in [0.5, 0.6) is 5.75 Å². The smallest absolute Gasteiger partial charge is 0.328 e. The van der Waals surface area contributed by atoms with Gasteiger partial charge in [-0.3, -0.25) is 14.4 Å². The van der Waals surface area contributed by atoms with Gasteiger partial charge in [0, 0.05) is 45.4 Å². The maximum atomic E-state index is 14.2. The summed E-state index contributed by atoms with van der Waals surface area (Å²) in [4.78, 5) is 57.0. The van der Waals surface area contributed by atoms with E-state index < -0.39 is 87.6 Å². The number of fused-ring (bicyclic) bond motifs is 5. The van der Waals surface area contributed by atoms with Crippen molar-refractivity contribution in [2.75, 3.05) is 45.2 Å². The third kappa shape index (κ3) is 9.20. The van der Waals surface area contributed by atoms with Gasteiger partial charge in [0.05, 0.1) is 42.3 Å². The molecule has 0 unspecified atom stereocenters. The van der Waals surface area contributed by atoms with E-state index in [1.807, 2.05) is 13.0 Å². The minimum atomic E-state index is -3.77. The molecular weight excluding hydrogens is 794 g/mol. The monoisotopic (exact) mass is 845 g/mol. The van der Waals surface area contributed by atoms with Crippen LogP contribution in [0.2, 0.25) is 5.02 Å². The summed E-state index contributed by atoms with van der Waals surface area (Å²) < 4.78 is 54.0. The number of carbonyl (C=O) groups is 4. The zero-order chi connectivity index (χ0) is 43.1. The van der Waals surface area contributed by atoms with Crippen LogP contribution >= 0.6 is 11.6 Å². The first kappa shape index (κ1) is 44.6. The van der Waals surface area contributed by atoms with Gasteiger partial charge >= 0.3 is 11.9 Å². The van der Waals surface area contributed by atoms with Gasteiger partial charge in [-0.2, -0.15) is 0 Å². The van der Waals surface area contributed by atoms with Gasteiger partial charge in [-0.25, -0.2) is 13.2 Å². The van der Waals surface area contributed by atoms with Crippen molar-refractivity contribution < 1.29 is 56.4 Å². The maximum absolute atomic E-state index is 14.2. The van der Waals surface area contributed by atoms with Crippen molar-refractivity contribution >= 4 is 56.6 Å². The first-order valence-corrected chi connectivity index (χ1v) is 21.0. The molecule has 2 aromatic carbocycles. The number of carbonyl (C=O) groups excluding carboxylic acids is 4. The van der Waals surface area contributed by atoms with E-state index >= 15 is 0 Å². The van der Waals surface area contributed by atoms with E-state index in [4.69, 9.17) is 41.0 Å². The molecule has 5 rings (SSSR count). The van der Waals surface area contributed by atoms with E-state index in [2.05, 4.69) is 0 Å². The standard InChI is InChI=1S/C41H52ClN3O12S/c1-22-11-10-12-32(54-8)41(50)20-30(55-35(47)21-41)23(2)37-40(4,57-37)33(19-34(46)45(6)28-16-25(15-22)17-29(53-7)36(28)42)56-39(49)24(3)44(5)38(48)26-13-14-27(43)31(18-26)58(9,51)52/h10-14,16-18,23-24,30,32-33,37,50H,15,19-21,43H2,1-9H3/b12-10+,22-11+/t23-,24+,30+,32-,33+,37+,40+,41-/m1/s1. The molecule has 2 amide bonds. The Morgan fingerprint density at radius 1 is 1.17 bits per heavy atom. The molecule has 2 saturated heterocycles. The number of halogens is 1. The van der Waals surface area contributed by atoms with Crippen LogP contribution in [0, 0.1) is 5.92 Å². The zero-order valence-corrected chi connectivity index (χ0v) is 35.7. The lowest BCUT2D eigenvalue weighted by Gasteiger charge is -2.41. The molecule has 2 fully saturated rings. The number of epoxide rings is 1. The van der Waals surface area contributed by atoms with E-state index in [-0.39, 0.29) is 34.0 Å². The lowest BCUT2D eigenvalue weighted by atomic mass is 9.78. The highest BCUT2D eigenvalue weighted by atomic mass is 35.5. The summed E-state index contributed by atoms with van der Waals surface area (Å²) in [5, 5.41) is 12.1. The number of hydrogen-bond donors (Lipinski definition) is 2. The molecule has 316 valence electrons. The molecule has 0 aromatic heterocycles.